The van der Waals surface area contributed by atoms with E-state index in [-0.39, 0.29) is 6.04 Å². The molecule has 1 fully saturated rings. The number of hydrogen-bond acceptors (Lipinski definition) is 5. The average molecular weight is 327 g/mol. The van der Waals surface area contributed by atoms with E-state index in [9.17, 15) is 0 Å². The number of hydrogen-bond donors (Lipinski definition) is 0. The summed E-state index contributed by atoms with van der Waals surface area (Å²) in [5.41, 5.74) is 2.80. The van der Waals surface area contributed by atoms with Crippen LogP contribution in [-0.4, -0.2) is 38.3 Å². The molecule has 2 aromatic rings. The van der Waals surface area contributed by atoms with E-state index >= 15 is 0 Å². The Hall–Kier alpha value is -1.95. The van der Waals surface area contributed by atoms with Crippen molar-refractivity contribution in [3.63, 3.8) is 0 Å². The molecular formula is C18H25N5O. The fourth-order valence-electron chi connectivity index (χ4n) is 3.41. The van der Waals surface area contributed by atoms with Gasteiger partial charge < -0.3 is 4.74 Å². The maximum atomic E-state index is 5.76. The molecule has 2 heterocycles. The molecule has 6 nitrogen and oxygen atoms in total. The van der Waals surface area contributed by atoms with Crippen molar-refractivity contribution in [1.29, 1.82) is 0 Å². The zero-order valence-corrected chi connectivity index (χ0v) is 14.5. The highest BCUT2D eigenvalue weighted by Gasteiger charge is 2.32. The predicted molar refractivity (Wildman–Crippen MR) is 90.8 cm³/mol. The van der Waals surface area contributed by atoms with E-state index < -0.39 is 0 Å². The SMILES string of the molecule is CCCOc1ccc2c(c1)CCN(C(C)c1nnnn1C1CC1)C2. The fourth-order valence-corrected chi connectivity index (χ4v) is 3.41. The molecule has 1 atom stereocenters. The van der Waals surface area contributed by atoms with Crippen LogP contribution in [0.5, 0.6) is 5.75 Å². The Morgan fingerprint density at radius 1 is 1.29 bits per heavy atom. The van der Waals surface area contributed by atoms with Crippen LogP contribution >= 0.6 is 0 Å². The summed E-state index contributed by atoms with van der Waals surface area (Å²) in [5.74, 6) is 2.00. The minimum Gasteiger partial charge on any atom is -0.494 e. The number of nitrogens with zero attached hydrogens (tertiary/aromatic N) is 5. The van der Waals surface area contributed by atoms with Crippen molar-refractivity contribution in [2.45, 2.75) is 58.2 Å². The van der Waals surface area contributed by atoms with Gasteiger partial charge in [-0.05, 0) is 66.3 Å². The molecule has 1 aromatic heterocycles. The third-order valence-electron chi connectivity index (χ3n) is 5.02. The molecular weight excluding hydrogens is 302 g/mol. The summed E-state index contributed by atoms with van der Waals surface area (Å²) >= 11 is 0. The third-order valence-corrected chi connectivity index (χ3v) is 5.02. The second kappa shape index (κ2) is 6.51. The Morgan fingerprint density at radius 2 is 2.17 bits per heavy atom. The van der Waals surface area contributed by atoms with Gasteiger partial charge in [0.1, 0.15) is 5.75 Å². The predicted octanol–water partition coefficient (Wildman–Crippen LogP) is 2.92. The summed E-state index contributed by atoms with van der Waals surface area (Å²) in [6.45, 7) is 7.11. The van der Waals surface area contributed by atoms with Gasteiger partial charge in [0.2, 0.25) is 0 Å². The Morgan fingerprint density at radius 3 is 2.96 bits per heavy atom. The van der Waals surface area contributed by atoms with Crippen molar-refractivity contribution in [2.75, 3.05) is 13.2 Å². The first-order chi connectivity index (χ1) is 11.8. The third kappa shape index (κ3) is 3.02. The van der Waals surface area contributed by atoms with Crippen LogP contribution in [0.4, 0.5) is 0 Å². The molecule has 1 unspecified atom stereocenters. The molecule has 0 N–H and O–H groups in total. The lowest BCUT2D eigenvalue weighted by Gasteiger charge is -2.33. The molecule has 0 bridgehead atoms. The smallest absolute Gasteiger partial charge is 0.168 e. The molecule has 24 heavy (non-hydrogen) atoms. The number of benzene rings is 1. The van der Waals surface area contributed by atoms with E-state index in [4.69, 9.17) is 4.74 Å². The maximum Gasteiger partial charge on any atom is 0.168 e. The number of rotatable bonds is 6. The van der Waals surface area contributed by atoms with E-state index in [0.717, 1.165) is 44.1 Å². The van der Waals surface area contributed by atoms with Crippen LogP contribution in [0.1, 0.15) is 62.1 Å². The highest BCUT2D eigenvalue weighted by molar-refractivity contribution is 5.37. The van der Waals surface area contributed by atoms with Gasteiger partial charge in [0.25, 0.3) is 0 Å². The van der Waals surface area contributed by atoms with E-state index in [1.165, 1.54) is 24.0 Å². The molecule has 0 spiro atoms. The second-order valence-corrected chi connectivity index (χ2v) is 6.89. The number of aromatic nitrogens is 4. The van der Waals surface area contributed by atoms with Gasteiger partial charge in [-0.1, -0.05) is 13.0 Å². The largest absolute Gasteiger partial charge is 0.494 e. The Bertz CT molecular complexity index is 709. The summed E-state index contributed by atoms with van der Waals surface area (Å²) < 4.78 is 7.79. The normalized spacial score (nSPS) is 19.1. The van der Waals surface area contributed by atoms with Gasteiger partial charge >= 0.3 is 0 Å². The molecule has 1 aliphatic heterocycles. The minimum atomic E-state index is 0.241. The van der Waals surface area contributed by atoms with Gasteiger partial charge in [-0.3, -0.25) is 4.90 Å². The van der Waals surface area contributed by atoms with Crippen LogP contribution in [0.3, 0.4) is 0 Å². The topological polar surface area (TPSA) is 56.1 Å². The molecule has 4 rings (SSSR count). The lowest BCUT2D eigenvalue weighted by Crippen LogP contribution is -2.34. The standard InChI is InChI=1S/C18H25N5O/c1-3-10-24-17-7-4-15-12-22(9-8-14(15)11-17)13(2)18-19-20-21-23(18)16-5-6-16/h4,7,11,13,16H,3,5-6,8-10,12H2,1-2H3. The fraction of sp³-hybridized carbons (Fsp3) is 0.611. The molecule has 1 aromatic carbocycles. The molecule has 1 aliphatic carbocycles. The van der Waals surface area contributed by atoms with Crippen molar-refractivity contribution in [2.24, 2.45) is 0 Å². The zero-order chi connectivity index (χ0) is 16.5. The van der Waals surface area contributed by atoms with Gasteiger partial charge in [0.15, 0.2) is 5.82 Å². The summed E-state index contributed by atoms with van der Waals surface area (Å²) in [7, 11) is 0. The average Bonchev–Trinajstić information content (AvgIpc) is 3.35. The first-order valence-corrected chi connectivity index (χ1v) is 9.02. The van der Waals surface area contributed by atoms with Gasteiger partial charge in [0, 0.05) is 13.1 Å². The quantitative estimate of drug-likeness (QED) is 0.816. The lowest BCUT2D eigenvalue weighted by atomic mass is 9.98. The lowest BCUT2D eigenvalue weighted by molar-refractivity contribution is 0.179. The van der Waals surface area contributed by atoms with Crippen molar-refractivity contribution in [3.05, 3.63) is 35.2 Å². The van der Waals surface area contributed by atoms with Crippen LogP contribution in [0.25, 0.3) is 0 Å². The van der Waals surface area contributed by atoms with Gasteiger partial charge in [0.05, 0.1) is 18.7 Å². The van der Waals surface area contributed by atoms with Crippen LogP contribution in [0, 0.1) is 0 Å². The Kier molecular flexibility index (Phi) is 4.22. The number of fused-ring (bicyclic) bond motifs is 1. The molecule has 0 saturated heterocycles. The van der Waals surface area contributed by atoms with Gasteiger partial charge in [-0.2, -0.15) is 0 Å². The summed E-state index contributed by atoms with van der Waals surface area (Å²) in [4.78, 5) is 2.47. The molecule has 6 heteroatoms. The van der Waals surface area contributed by atoms with Crippen molar-refractivity contribution in [3.8, 4) is 5.75 Å². The molecule has 1 saturated carbocycles. The monoisotopic (exact) mass is 327 g/mol. The van der Waals surface area contributed by atoms with Gasteiger partial charge in [-0.25, -0.2) is 4.68 Å². The first kappa shape index (κ1) is 15.6. The molecule has 0 radical (unpaired) electrons. The summed E-state index contributed by atoms with van der Waals surface area (Å²) in [6, 6.07) is 7.28. The van der Waals surface area contributed by atoms with Crippen molar-refractivity contribution < 1.29 is 4.74 Å². The highest BCUT2D eigenvalue weighted by Crippen LogP contribution is 2.37. The van der Waals surface area contributed by atoms with Gasteiger partial charge in [-0.15, -0.1) is 5.10 Å². The number of tetrazole rings is 1. The second-order valence-electron chi connectivity index (χ2n) is 6.89. The molecule has 128 valence electrons. The van der Waals surface area contributed by atoms with Crippen molar-refractivity contribution in [1.82, 2.24) is 25.1 Å². The maximum absolute atomic E-state index is 5.76. The van der Waals surface area contributed by atoms with Crippen LogP contribution in [0.15, 0.2) is 18.2 Å². The Labute approximate surface area is 142 Å². The summed E-state index contributed by atoms with van der Waals surface area (Å²) in [6.07, 6.45) is 4.49. The van der Waals surface area contributed by atoms with E-state index in [0.29, 0.717) is 6.04 Å². The Balaban J connectivity index is 1.48. The van der Waals surface area contributed by atoms with E-state index in [1.807, 2.05) is 4.68 Å². The first-order valence-electron chi connectivity index (χ1n) is 9.02. The van der Waals surface area contributed by atoms with E-state index in [2.05, 4.69) is 52.5 Å². The van der Waals surface area contributed by atoms with Crippen molar-refractivity contribution >= 4 is 0 Å². The van der Waals surface area contributed by atoms with Crippen LogP contribution < -0.4 is 4.74 Å². The van der Waals surface area contributed by atoms with E-state index in [1.54, 1.807) is 0 Å². The number of ether oxygens (including phenoxy) is 1. The molecule has 2 aliphatic rings. The minimum absolute atomic E-state index is 0.241. The zero-order valence-electron chi connectivity index (χ0n) is 14.5. The van der Waals surface area contributed by atoms with Crippen LogP contribution in [0.2, 0.25) is 0 Å². The highest BCUT2D eigenvalue weighted by atomic mass is 16.5. The summed E-state index contributed by atoms with van der Waals surface area (Å²) in [5, 5.41) is 12.4. The van der Waals surface area contributed by atoms with Crippen LogP contribution in [-0.2, 0) is 13.0 Å². The molecule has 0 amide bonds.